The fourth-order valence-electron chi connectivity index (χ4n) is 4.61. The molecule has 0 radical (unpaired) electrons. The number of fused-ring (bicyclic) bond motifs is 3. The highest BCUT2D eigenvalue weighted by Crippen LogP contribution is 2.53. The molecule has 1 aromatic rings. The van der Waals surface area contributed by atoms with Gasteiger partial charge < -0.3 is 9.80 Å². The Morgan fingerprint density at radius 3 is 2.95 bits per heavy atom. The smallest absolute Gasteiger partial charge is 0.0643 e. The van der Waals surface area contributed by atoms with Gasteiger partial charge in [-0.15, -0.1) is 0 Å². The molecule has 2 heterocycles. The zero-order valence-electron chi connectivity index (χ0n) is 12.1. The molecule has 3 unspecified atom stereocenters. The Bertz CT molecular complexity index is 496. The fourth-order valence-corrected chi connectivity index (χ4v) is 4.61. The van der Waals surface area contributed by atoms with E-state index >= 15 is 0 Å². The predicted molar refractivity (Wildman–Crippen MR) is 81.2 cm³/mol. The molecule has 1 aliphatic carbocycles. The zero-order chi connectivity index (χ0) is 13.0. The predicted octanol–water partition coefficient (Wildman–Crippen LogP) is 3.62. The molecule has 0 aromatic heterocycles. The van der Waals surface area contributed by atoms with Crippen LogP contribution in [0, 0.1) is 5.92 Å². The molecule has 1 fully saturated rings. The number of anilines is 2. The zero-order valence-corrected chi connectivity index (χ0v) is 12.1. The maximum absolute atomic E-state index is 2.74. The molecular weight excluding hydrogens is 232 g/mol. The van der Waals surface area contributed by atoms with Crippen LogP contribution in [0.1, 0.15) is 44.1 Å². The van der Waals surface area contributed by atoms with Crippen molar-refractivity contribution in [1.82, 2.24) is 0 Å². The lowest BCUT2D eigenvalue weighted by Crippen LogP contribution is -2.44. The number of para-hydroxylation sites is 1. The largest absolute Gasteiger partial charge is 0.371 e. The Morgan fingerprint density at radius 1 is 1.21 bits per heavy atom. The second kappa shape index (κ2) is 4.16. The van der Waals surface area contributed by atoms with Crippen molar-refractivity contribution in [2.45, 2.75) is 44.6 Å². The van der Waals surface area contributed by atoms with Gasteiger partial charge in [0.05, 0.1) is 11.4 Å². The van der Waals surface area contributed by atoms with Crippen molar-refractivity contribution in [1.29, 1.82) is 0 Å². The summed E-state index contributed by atoms with van der Waals surface area (Å²) in [6.45, 7) is 4.76. The summed E-state index contributed by atoms with van der Waals surface area (Å²) in [5, 5.41) is 0. The number of benzene rings is 1. The van der Waals surface area contributed by atoms with Gasteiger partial charge in [-0.05, 0) is 36.8 Å². The van der Waals surface area contributed by atoms with E-state index in [-0.39, 0.29) is 0 Å². The van der Waals surface area contributed by atoms with Crippen LogP contribution in [0.2, 0.25) is 0 Å². The molecule has 0 saturated heterocycles. The van der Waals surface area contributed by atoms with Crippen LogP contribution in [-0.4, -0.2) is 26.2 Å². The Labute approximate surface area is 116 Å². The van der Waals surface area contributed by atoms with E-state index in [0.29, 0.717) is 0 Å². The minimum absolute atomic E-state index is 0.799. The molecule has 0 spiro atoms. The number of likely N-dealkylation sites (N-methyl/N-ethyl adjacent to an activating group) is 1. The first-order valence-electron chi connectivity index (χ1n) is 7.90. The van der Waals surface area contributed by atoms with Crippen molar-refractivity contribution in [3.05, 3.63) is 23.8 Å². The summed E-state index contributed by atoms with van der Waals surface area (Å²) in [7, 11) is 2.24. The number of rotatable bonds is 1. The van der Waals surface area contributed by atoms with E-state index in [0.717, 1.165) is 17.9 Å². The van der Waals surface area contributed by atoms with Crippen molar-refractivity contribution < 1.29 is 0 Å². The number of hydrogen-bond acceptors (Lipinski definition) is 2. The average molecular weight is 256 g/mol. The van der Waals surface area contributed by atoms with E-state index in [2.05, 4.69) is 42.0 Å². The van der Waals surface area contributed by atoms with Gasteiger partial charge in [0, 0.05) is 32.1 Å². The van der Waals surface area contributed by atoms with Gasteiger partial charge in [0.1, 0.15) is 0 Å². The highest BCUT2D eigenvalue weighted by atomic mass is 15.3. The van der Waals surface area contributed by atoms with Crippen LogP contribution in [-0.2, 0) is 0 Å². The average Bonchev–Trinajstić information content (AvgIpc) is 2.78. The van der Waals surface area contributed by atoms with Crippen LogP contribution in [0.15, 0.2) is 18.2 Å². The van der Waals surface area contributed by atoms with Crippen LogP contribution in [0.4, 0.5) is 11.4 Å². The third-order valence-corrected chi connectivity index (χ3v) is 5.72. The summed E-state index contributed by atoms with van der Waals surface area (Å²) in [4.78, 5) is 5.17. The maximum Gasteiger partial charge on any atom is 0.0643 e. The van der Waals surface area contributed by atoms with Crippen LogP contribution in [0.25, 0.3) is 0 Å². The summed E-state index contributed by atoms with van der Waals surface area (Å²) in [5.74, 6) is 1.76. The van der Waals surface area contributed by atoms with E-state index in [4.69, 9.17) is 0 Å². The summed E-state index contributed by atoms with van der Waals surface area (Å²) >= 11 is 0. The SMILES string of the molecule is CCC1CCC2C(C1)c1cccc3c1N2CCN3C. The number of hydrogen-bond donors (Lipinski definition) is 0. The fraction of sp³-hybridized carbons (Fsp3) is 0.647. The Kier molecular flexibility index (Phi) is 2.54. The second-order valence-corrected chi connectivity index (χ2v) is 6.59. The summed E-state index contributed by atoms with van der Waals surface area (Å²) < 4.78 is 0. The summed E-state index contributed by atoms with van der Waals surface area (Å²) in [6, 6.07) is 7.77. The Hall–Kier alpha value is -1.18. The van der Waals surface area contributed by atoms with E-state index in [9.17, 15) is 0 Å². The van der Waals surface area contributed by atoms with E-state index < -0.39 is 0 Å². The first kappa shape index (κ1) is 11.6. The quantitative estimate of drug-likeness (QED) is 0.757. The lowest BCUT2D eigenvalue weighted by molar-refractivity contribution is 0.286. The van der Waals surface area contributed by atoms with Gasteiger partial charge >= 0.3 is 0 Å². The van der Waals surface area contributed by atoms with Gasteiger partial charge in [0.15, 0.2) is 0 Å². The Morgan fingerprint density at radius 2 is 2.11 bits per heavy atom. The molecule has 4 rings (SSSR count). The van der Waals surface area contributed by atoms with Gasteiger partial charge in [-0.1, -0.05) is 25.5 Å². The Balaban J connectivity index is 1.79. The highest BCUT2D eigenvalue weighted by molar-refractivity contribution is 5.80. The summed E-state index contributed by atoms with van der Waals surface area (Å²) in [6.07, 6.45) is 5.62. The van der Waals surface area contributed by atoms with E-state index in [1.165, 1.54) is 44.5 Å². The van der Waals surface area contributed by atoms with Crippen molar-refractivity contribution >= 4 is 11.4 Å². The van der Waals surface area contributed by atoms with Crippen LogP contribution < -0.4 is 9.80 Å². The first-order valence-corrected chi connectivity index (χ1v) is 7.90. The van der Waals surface area contributed by atoms with Crippen molar-refractivity contribution in [2.75, 3.05) is 29.9 Å². The highest BCUT2D eigenvalue weighted by Gasteiger charge is 2.44. The molecule has 1 aromatic carbocycles. The lowest BCUT2D eigenvalue weighted by atomic mass is 9.75. The third kappa shape index (κ3) is 1.55. The van der Waals surface area contributed by atoms with Gasteiger partial charge in [-0.3, -0.25) is 0 Å². The molecule has 2 heteroatoms. The van der Waals surface area contributed by atoms with Crippen LogP contribution in [0.5, 0.6) is 0 Å². The molecule has 0 amide bonds. The topological polar surface area (TPSA) is 6.48 Å². The van der Waals surface area contributed by atoms with Crippen LogP contribution in [0.3, 0.4) is 0 Å². The van der Waals surface area contributed by atoms with Gasteiger partial charge in [-0.2, -0.15) is 0 Å². The minimum Gasteiger partial charge on any atom is -0.371 e. The molecule has 3 atom stereocenters. The molecule has 0 N–H and O–H groups in total. The normalized spacial score (nSPS) is 32.2. The maximum atomic E-state index is 2.74. The van der Waals surface area contributed by atoms with E-state index in [1.54, 1.807) is 11.3 Å². The van der Waals surface area contributed by atoms with E-state index in [1.807, 2.05) is 0 Å². The van der Waals surface area contributed by atoms with Gasteiger partial charge in [-0.25, -0.2) is 0 Å². The van der Waals surface area contributed by atoms with Gasteiger partial charge in [0.25, 0.3) is 0 Å². The van der Waals surface area contributed by atoms with Crippen LogP contribution >= 0.6 is 0 Å². The molecule has 2 nitrogen and oxygen atoms in total. The van der Waals surface area contributed by atoms with Crippen molar-refractivity contribution in [3.8, 4) is 0 Å². The monoisotopic (exact) mass is 256 g/mol. The van der Waals surface area contributed by atoms with Crippen molar-refractivity contribution in [3.63, 3.8) is 0 Å². The lowest BCUT2D eigenvalue weighted by Gasteiger charge is -2.40. The minimum atomic E-state index is 0.799. The standard InChI is InChI=1S/C17H24N2/c1-3-12-7-8-15-14(11-12)13-5-4-6-16-17(13)19(15)10-9-18(16)2/h4-6,12,14-15H,3,7-11H2,1-2H3. The summed E-state index contributed by atoms with van der Waals surface area (Å²) in [5.41, 5.74) is 4.68. The molecular formula is C17H24N2. The third-order valence-electron chi connectivity index (χ3n) is 5.72. The van der Waals surface area contributed by atoms with Gasteiger partial charge in [0.2, 0.25) is 0 Å². The first-order chi connectivity index (χ1) is 9.29. The molecule has 102 valence electrons. The van der Waals surface area contributed by atoms with Crippen molar-refractivity contribution in [2.24, 2.45) is 5.92 Å². The molecule has 2 aliphatic heterocycles. The number of nitrogens with zero attached hydrogens (tertiary/aromatic N) is 2. The molecule has 1 saturated carbocycles. The molecule has 19 heavy (non-hydrogen) atoms. The molecule has 3 aliphatic rings. The molecule has 0 bridgehead atoms. The second-order valence-electron chi connectivity index (χ2n) is 6.59.